The molecule has 42 heavy (non-hydrogen) atoms. The van der Waals surface area contributed by atoms with E-state index in [0.29, 0.717) is 12.5 Å². The third kappa shape index (κ3) is 8.20. The first-order chi connectivity index (χ1) is 19.9. The average Bonchev–Trinajstić information content (AvgIpc) is 3.38. The van der Waals surface area contributed by atoms with Gasteiger partial charge in [0.05, 0.1) is 13.0 Å². The maximum absolute atomic E-state index is 13.6. The molecule has 1 aromatic carbocycles. The van der Waals surface area contributed by atoms with Crippen molar-refractivity contribution in [1.29, 1.82) is 5.26 Å². The molecule has 1 amide bonds. The summed E-state index contributed by atoms with van der Waals surface area (Å²) in [6.07, 6.45) is 10.4. The summed E-state index contributed by atoms with van der Waals surface area (Å²) in [7, 11) is 0.209. The van der Waals surface area contributed by atoms with Gasteiger partial charge in [0.2, 0.25) is 5.82 Å². The van der Waals surface area contributed by atoms with Gasteiger partial charge in [0, 0.05) is 32.1 Å². The number of nitrogens with one attached hydrogen (secondary N) is 1. The number of nitrogens with zero attached hydrogens (tertiary/aromatic N) is 3. The van der Waals surface area contributed by atoms with Crippen LogP contribution in [-0.4, -0.2) is 43.2 Å². The van der Waals surface area contributed by atoms with E-state index in [2.05, 4.69) is 68.1 Å². The number of aromatic nitrogens is 2. The van der Waals surface area contributed by atoms with E-state index < -0.39 is 8.07 Å². The minimum atomic E-state index is -1.25. The summed E-state index contributed by atoms with van der Waals surface area (Å²) in [5.41, 5.74) is 4.70. The summed E-state index contributed by atoms with van der Waals surface area (Å²) in [6.45, 7) is 12.2. The summed E-state index contributed by atoms with van der Waals surface area (Å²) in [6, 6.07) is 9.39. The number of hydrogen-bond acceptors (Lipinski definition) is 6. The van der Waals surface area contributed by atoms with Crippen molar-refractivity contribution in [2.45, 2.75) is 97.1 Å². The normalized spacial score (nSPS) is 20.4. The van der Waals surface area contributed by atoms with E-state index in [-0.39, 0.29) is 41.5 Å². The molecule has 1 heterocycles. The summed E-state index contributed by atoms with van der Waals surface area (Å²) < 4.78 is 12.5. The van der Waals surface area contributed by atoms with Crippen LogP contribution in [0.5, 0.6) is 0 Å². The van der Waals surface area contributed by atoms with Crippen molar-refractivity contribution in [3.05, 3.63) is 53.1 Å². The van der Waals surface area contributed by atoms with Gasteiger partial charge in [-0.1, -0.05) is 45.6 Å². The predicted octanol–water partition coefficient (Wildman–Crippen LogP) is 7.36. The fraction of sp³-hybridized carbons (Fsp3) is 0.576. The van der Waals surface area contributed by atoms with Gasteiger partial charge in [-0.05, 0) is 85.6 Å². The van der Waals surface area contributed by atoms with Crippen LogP contribution >= 0.6 is 0 Å². The summed E-state index contributed by atoms with van der Waals surface area (Å²) in [5, 5.41) is 12.6. The predicted molar refractivity (Wildman–Crippen MR) is 168 cm³/mol. The van der Waals surface area contributed by atoms with Gasteiger partial charge in [-0.15, -0.1) is 0 Å². The molecule has 0 aliphatic heterocycles. The Morgan fingerprint density at radius 1 is 1.19 bits per heavy atom. The highest BCUT2D eigenvalue weighted by Crippen LogP contribution is 2.42. The van der Waals surface area contributed by atoms with Crippen molar-refractivity contribution in [2.75, 3.05) is 19.0 Å². The summed E-state index contributed by atoms with van der Waals surface area (Å²) in [4.78, 5) is 29.9. The molecule has 9 heteroatoms. The van der Waals surface area contributed by atoms with Gasteiger partial charge in [0.1, 0.15) is 12.8 Å². The second-order valence-corrected chi connectivity index (χ2v) is 19.4. The Hall–Kier alpha value is -3.22. The van der Waals surface area contributed by atoms with Gasteiger partial charge in [0.25, 0.3) is 5.91 Å². The second-order valence-electron chi connectivity index (χ2n) is 13.8. The third-order valence-electron chi connectivity index (χ3n) is 8.66. The number of allylic oxidation sites excluding steroid dienone is 2. The molecule has 1 N–H and O–H groups in total. The number of carbonyl (C=O) groups is 2. The molecule has 0 bridgehead atoms. The lowest BCUT2D eigenvalue weighted by Gasteiger charge is -2.31. The molecule has 1 fully saturated rings. The number of imidazole rings is 1. The van der Waals surface area contributed by atoms with Crippen molar-refractivity contribution in [3.63, 3.8) is 0 Å². The largest absolute Gasteiger partial charge is 0.469 e. The van der Waals surface area contributed by atoms with E-state index in [0.717, 1.165) is 62.2 Å². The smallest absolute Gasteiger partial charge is 0.308 e. The number of benzene rings is 1. The molecule has 4 rings (SSSR count). The van der Waals surface area contributed by atoms with Crippen LogP contribution in [0.4, 0.5) is 5.69 Å². The minimum absolute atomic E-state index is 0.0193. The first kappa shape index (κ1) is 31.7. The Labute approximate surface area is 251 Å². The first-order valence-electron chi connectivity index (χ1n) is 15.2. The zero-order valence-corrected chi connectivity index (χ0v) is 27.1. The number of amides is 1. The monoisotopic (exact) mass is 590 g/mol. The molecule has 0 saturated heterocycles. The number of carbonyl (C=O) groups excluding carboxylic acids is 2. The molecule has 2 aliphatic carbocycles. The number of esters is 1. The van der Waals surface area contributed by atoms with Crippen molar-refractivity contribution in [1.82, 2.24) is 9.55 Å². The zero-order chi connectivity index (χ0) is 30.5. The van der Waals surface area contributed by atoms with Crippen LogP contribution in [0, 0.1) is 22.7 Å². The van der Waals surface area contributed by atoms with E-state index in [1.165, 1.54) is 18.2 Å². The molecule has 1 aromatic heterocycles. The number of rotatable bonds is 10. The molecule has 1 saturated carbocycles. The molecule has 0 spiro atoms. The average molecular weight is 591 g/mol. The minimum Gasteiger partial charge on any atom is -0.469 e. The maximum atomic E-state index is 13.6. The standard InChI is InChI=1S/C33H46N4O4Si/c1-33(2)15-13-24(14-16-33)28-19-26(23-7-9-25(10-8-23)32(39)40-3)11-12-29(28)36-31(38)30-35-27(20-34)21-37(30)22-41-17-18-42(4,5)6/h11-13,19,21,23,25H,7-10,14-18,22H2,1-6H3,(H,36,38). The Kier molecular flexibility index (Phi) is 10.1. The highest BCUT2D eigenvalue weighted by atomic mass is 28.3. The molecule has 0 atom stereocenters. The molecule has 2 aliphatic rings. The Balaban J connectivity index is 1.57. The van der Waals surface area contributed by atoms with Gasteiger partial charge in [-0.3, -0.25) is 9.59 Å². The van der Waals surface area contributed by atoms with Crippen molar-refractivity contribution in [3.8, 4) is 6.07 Å². The van der Waals surface area contributed by atoms with Gasteiger partial charge >= 0.3 is 5.97 Å². The molecule has 8 nitrogen and oxygen atoms in total. The van der Waals surface area contributed by atoms with Crippen molar-refractivity contribution in [2.24, 2.45) is 11.3 Å². The lowest BCUT2D eigenvalue weighted by molar-refractivity contribution is -0.146. The van der Waals surface area contributed by atoms with E-state index in [9.17, 15) is 14.9 Å². The molecule has 0 radical (unpaired) electrons. The fourth-order valence-corrected chi connectivity index (χ4v) is 6.57. The molecule has 0 unspecified atom stereocenters. The fourth-order valence-electron chi connectivity index (χ4n) is 5.81. The van der Waals surface area contributed by atoms with Crippen LogP contribution in [-0.2, 0) is 21.0 Å². The van der Waals surface area contributed by atoms with Crippen LogP contribution in [0.2, 0.25) is 25.7 Å². The number of methoxy groups -OCH3 is 1. The molecule has 226 valence electrons. The Morgan fingerprint density at radius 2 is 1.93 bits per heavy atom. The van der Waals surface area contributed by atoms with Crippen LogP contribution < -0.4 is 5.32 Å². The highest BCUT2D eigenvalue weighted by Gasteiger charge is 2.29. The summed E-state index contributed by atoms with van der Waals surface area (Å²) in [5.74, 6) is 0.0280. The van der Waals surface area contributed by atoms with Gasteiger partial charge in [-0.25, -0.2) is 4.98 Å². The lowest BCUT2D eigenvalue weighted by Crippen LogP contribution is -2.23. The first-order valence-corrected chi connectivity index (χ1v) is 18.9. The van der Waals surface area contributed by atoms with E-state index >= 15 is 0 Å². The Bertz CT molecular complexity index is 1360. The highest BCUT2D eigenvalue weighted by molar-refractivity contribution is 6.76. The van der Waals surface area contributed by atoms with Gasteiger partial charge in [-0.2, -0.15) is 5.26 Å². The van der Waals surface area contributed by atoms with E-state index in [1.807, 2.05) is 6.07 Å². The topological polar surface area (TPSA) is 106 Å². The Morgan fingerprint density at radius 3 is 2.55 bits per heavy atom. The van der Waals surface area contributed by atoms with Crippen molar-refractivity contribution < 1.29 is 19.1 Å². The third-order valence-corrected chi connectivity index (χ3v) is 10.4. The van der Waals surface area contributed by atoms with Crippen LogP contribution in [0.3, 0.4) is 0 Å². The zero-order valence-electron chi connectivity index (χ0n) is 26.1. The number of ether oxygens (including phenoxy) is 2. The maximum Gasteiger partial charge on any atom is 0.308 e. The number of nitriles is 1. The van der Waals surface area contributed by atoms with Crippen LogP contribution in [0.15, 0.2) is 30.5 Å². The van der Waals surface area contributed by atoms with E-state index in [1.54, 1.807) is 10.8 Å². The SMILES string of the molecule is COC(=O)C1CCC(c2ccc(NC(=O)c3nc(C#N)cn3COCC[Si](C)(C)C)c(C3=CCC(C)(C)CC3)c2)CC1. The second kappa shape index (κ2) is 13.4. The van der Waals surface area contributed by atoms with Crippen LogP contribution in [0.25, 0.3) is 5.57 Å². The quantitative estimate of drug-likeness (QED) is 0.176. The number of anilines is 1. The molecular weight excluding hydrogens is 544 g/mol. The van der Waals surface area contributed by atoms with Crippen molar-refractivity contribution >= 4 is 31.2 Å². The lowest BCUT2D eigenvalue weighted by atomic mass is 9.75. The summed E-state index contributed by atoms with van der Waals surface area (Å²) >= 11 is 0. The number of hydrogen-bond donors (Lipinski definition) is 1. The van der Waals surface area contributed by atoms with Gasteiger partial charge in [0.15, 0.2) is 5.69 Å². The molecular formula is C33H46N4O4Si. The molecule has 2 aromatic rings. The van der Waals surface area contributed by atoms with E-state index in [4.69, 9.17) is 9.47 Å². The van der Waals surface area contributed by atoms with Gasteiger partial charge < -0.3 is 19.4 Å². The van der Waals surface area contributed by atoms with Crippen LogP contribution in [0.1, 0.15) is 92.2 Å².